The molecule has 0 saturated heterocycles. The van der Waals surface area contributed by atoms with Crippen molar-refractivity contribution < 1.29 is 39.3 Å². The van der Waals surface area contributed by atoms with Crippen molar-refractivity contribution in [2.45, 2.75) is 63.1 Å². The summed E-state index contributed by atoms with van der Waals surface area (Å²) in [5.74, 6) is -4.33. The lowest BCUT2D eigenvalue weighted by Crippen LogP contribution is -2.44. The van der Waals surface area contributed by atoms with Crippen LogP contribution in [0, 0.1) is 0 Å². The van der Waals surface area contributed by atoms with Crippen LogP contribution in [0.5, 0.6) is 0 Å². The van der Waals surface area contributed by atoms with Crippen LogP contribution in [0.25, 0.3) is 0 Å². The first-order valence-corrected chi connectivity index (χ1v) is 12.5. The minimum absolute atomic E-state index is 0.0906. The molecule has 0 saturated carbocycles. The summed E-state index contributed by atoms with van der Waals surface area (Å²) in [6.07, 6.45) is 0.625. The third-order valence-corrected chi connectivity index (χ3v) is 6.39. The molecule has 0 fully saturated rings. The monoisotopic (exact) mass is 557 g/mol. The summed E-state index contributed by atoms with van der Waals surface area (Å²) < 4.78 is 0. The Balaban J connectivity index is 1.48. The number of rotatable bonds is 14. The molecule has 3 atom stereocenters. The highest BCUT2D eigenvalue weighted by molar-refractivity contribution is 5.96. The normalized spacial score (nSPS) is 15.2. The van der Waals surface area contributed by atoms with Gasteiger partial charge in [-0.1, -0.05) is 12.1 Å². The average molecular weight is 558 g/mol. The lowest BCUT2D eigenvalue weighted by atomic mass is 10.0. The second kappa shape index (κ2) is 13.2. The number of carboxylic acids is 3. The van der Waals surface area contributed by atoms with Gasteiger partial charge in [-0.05, 0) is 49.8 Å². The number of fused-ring (bicyclic) bond motifs is 1. The minimum Gasteiger partial charge on any atom is -0.481 e. The zero-order chi connectivity index (χ0) is 29.4. The van der Waals surface area contributed by atoms with Crippen molar-refractivity contribution in [2.75, 3.05) is 16.8 Å². The van der Waals surface area contributed by atoms with Gasteiger partial charge in [0.2, 0.25) is 11.9 Å². The third kappa shape index (κ3) is 8.28. The molecule has 15 heteroatoms. The Hall–Kier alpha value is -4.95. The number of nitrogens with one attached hydrogen (secondary N) is 3. The van der Waals surface area contributed by atoms with Crippen LogP contribution in [0.2, 0.25) is 0 Å². The van der Waals surface area contributed by atoms with Crippen LogP contribution in [0.1, 0.15) is 53.6 Å². The van der Waals surface area contributed by atoms with E-state index in [-0.39, 0.29) is 30.4 Å². The molecule has 2 aromatic rings. The Morgan fingerprint density at radius 3 is 2.17 bits per heavy atom. The summed E-state index contributed by atoms with van der Waals surface area (Å²) in [5, 5.41) is 35.1. The molecule has 1 unspecified atom stereocenters. The highest BCUT2D eigenvalue weighted by Crippen LogP contribution is 2.30. The van der Waals surface area contributed by atoms with Gasteiger partial charge in [0.25, 0.3) is 5.91 Å². The van der Waals surface area contributed by atoms with Crippen molar-refractivity contribution in [3.8, 4) is 0 Å². The molecule has 0 spiro atoms. The second-order valence-corrected chi connectivity index (χ2v) is 9.37. The van der Waals surface area contributed by atoms with Crippen LogP contribution in [-0.4, -0.2) is 73.1 Å². The van der Waals surface area contributed by atoms with Gasteiger partial charge in [0, 0.05) is 30.0 Å². The highest BCUT2D eigenvalue weighted by Gasteiger charge is 2.26. The summed E-state index contributed by atoms with van der Waals surface area (Å²) >= 11 is 0. The zero-order valence-corrected chi connectivity index (χ0v) is 21.4. The van der Waals surface area contributed by atoms with Crippen molar-refractivity contribution in [3.63, 3.8) is 0 Å². The summed E-state index contributed by atoms with van der Waals surface area (Å²) in [5.41, 5.74) is 13.6. The standard InChI is InChI=1S/C25H31N7O8/c26-20-15-11-14(28-21(15)32-25(27)31-20)6-3-12-1-4-13(5-2-12)22(36)30-17(24(39)40)7-9-18(33)29-16(23(37)38)8-10-19(34)35/h1-2,4-5,14,16-17H,3,6-11H2,(H,29,33)(H,30,36)(H,34,35)(H,37,38)(H,39,40)(H5,26,27,28,31,32)/t14?,16-,17-/m0/s1. The first-order valence-electron chi connectivity index (χ1n) is 12.5. The quantitative estimate of drug-likeness (QED) is 0.152. The summed E-state index contributed by atoms with van der Waals surface area (Å²) in [4.78, 5) is 66.4. The molecule has 3 rings (SSSR count). The molecule has 1 aromatic heterocycles. The molecule has 1 aliphatic rings. The lowest BCUT2D eigenvalue weighted by Gasteiger charge is -2.17. The van der Waals surface area contributed by atoms with Gasteiger partial charge in [0.05, 0.1) is 0 Å². The predicted octanol–water partition coefficient (Wildman–Crippen LogP) is 0.00780. The Kier molecular flexibility index (Phi) is 9.78. The smallest absolute Gasteiger partial charge is 0.326 e. The van der Waals surface area contributed by atoms with Crippen molar-refractivity contribution in [1.82, 2.24) is 20.6 Å². The van der Waals surface area contributed by atoms with Gasteiger partial charge in [0.15, 0.2) is 0 Å². The average Bonchev–Trinajstić information content (AvgIpc) is 3.30. The molecule has 10 N–H and O–H groups in total. The van der Waals surface area contributed by atoms with Gasteiger partial charge >= 0.3 is 17.9 Å². The van der Waals surface area contributed by atoms with Crippen molar-refractivity contribution in [3.05, 3.63) is 41.0 Å². The number of carboxylic acid groups (broad SMARTS) is 3. The van der Waals surface area contributed by atoms with E-state index < -0.39 is 54.6 Å². The summed E-state index contributed by atoms with van der Waals surface area (Å²) in [6.45, 7) is 0. The van der Waals surface area contributed by atoms with Crippen LogP contribution in [0.3, 0.4) is 0 Å². The van der Waals surface area contributed by atoms with E-state index in [0.29, 0.717) is 24.5 Å². The number of aliphatic carboxylic acids is 3. The van der Waals surface area contributed by atoms with Crippen molar-refractivity contribution in [2.24, 2.45) is 0 Å². The number of hydrogen-bond donors (Lipinski definition) is 8. The van der Waals surface area contributed by atoms with Gasteiger partial charge in [-0.3, -0.25) is 14.4 Å². The topological polar surface area (TPSA) is 260 Å². The highest BCUT2D eigenvalue weighted by atomic mass is 16.4. The molecule has 0 radical (unpaired) electrons. The van der Waals surface area contributed by atoms with Gasteiger partial charge in [-0.2, -0.15) is 9.97 Å². The zero-order valence-electron chi connectivity index (χ0n) is 21.4. The Bertz CT molecular complexity index is 1280. The van der Waals surface area contributed by atoms with E-state index in [1.807, 2.05) is 0 Å². The maximum Gasteiger partial charge on any atom is 0.326 e. The van der Waals surface area contributed by atoms with Crippen molar-refractivity contribution in [1.29, 1.82) is 0 Å². The number of carbonyl (C=O) groups is 5. The van der Waals surface area contributed by atoms with Crippen LogP contribution < -0.4 is 27.4 Å². The van der Waals surface area contributed by atoms with Crippen molar-refractivity contribution >= 4 is 47.3 Å². The van der Waals surface area contributed by atoms with Crippen LogP contribution in [-0.2, 0) is 32.0 Å². The molecule has 1 aliphatic heterocycles. The summed E-state index contributed by atoms with van der Waals surface area (Å²) in [6, 6.07) is 3.91. The van der Waals surface area contributed by atoms with E-state index in [1.54, 1.807) is 24.3 Å². The molecule has 2 amide bonds. The summed E-state index contributed by atoms with van der Waals surface area (Å²) in [7, 11) is 0. The Morgan fingerprint density at radius 1 is 0.925 bits per heavy atom. The van der Waals surface area contributed by atoms with Gasteiger partial charge in [-0.25, -0.2) is 9.59 Å². The molecule has 0 bridgehead atoms. The SMILES string of the molecule is Nc1nc(N)c2c(n1)NC(CCc1ccc(C(=O)N[C@@H](CCC(=O)N[C@@H](CCC(=O)O)C(=O)O)C(=O)O)cc1)C2. The number of nitrogen functional groups attached to an aromatic ring is 2. The molecule has 0 aliphatic carbocycles. The first-order chi connectivity index (χ1) is 18.9. The van der Waals surface area contributed by atoms with Crippen LogP contribution in [0.15, 0.2) is 24.3 Å². The van der Waals surface area contributed by atoms with E-state index in [9.17, 15) is 29.1 Å². The van der Waals surface area contributed by atoms with E-state index >= 15 is 0 Å². The number of anilines is 3. The number of hydrogen-bond acceptors (Lipinski definition) is 10. The number of aryl methyl sites for hydroxylation is 1. The van der Waals surface area contributed by atoms with E-state index in [1.165, 1.54) is 0 Å². The fraction of sp³-hybridized carbons (Fsp3) is 0.400. The predicted molar refractivity (Wildman–Crippen MR) is 141 cm³/mol. The fourth-order valence-corrected chi connectivity index (χ4v) is 4.23. The molecular weight excluding hydrogens is 526 g/mol. The molecule has 15 nitrogen and oxygen atoms in total. The Labute approximate surface area is 228 Å². The second-order valence-electron chi connectivity index (χ2n) is 9.37. The molecule has 2 heterocycles. The van der Waals surface area contributed by atoms with Crippen LogP contribution in [0.4, 0.5) is 17.6 Å². The largest absolute Gasteiger partial charge is 0.481 e. The lowest BCUT2D eigenvalue weighted by molar-refractivity contribution is -0.143. The minimum atomic E-state index is -1.43. The van der Waals surface area contributed by atoms with Crippen LogP contribution >= 0.6 is 0 Å². The number of benzene rings is 1. The number of aromatic nitrogens is 2. The van der Waals surface area contributed by atoms with E-state index in [2.05, 4.69) is 25.9 Å². The number of carbonyl (C=O) groups excluding carboxylic acids is 2. The maximum absolute atomic E-state index is 12.6. The first kappa shape index (κ1) is 29.6. The van der Waals surface area contributed by atoms with Gasteiger partial charge in [0.1, 0.15) is 23.7 Å². The molecular formula is C25H31N7O8. The molecule has 1 aromatic carbocycles. The third-order valence-electron chi connectivity index (χ3n) is 6.39. The number of nitrogens with zero attached hydrogens (tertiary/aromatic N) is 2. The maximum atomic E-state index is 12.6. The Morgan fingerprint density at radius 2 is 1.55 bits per heavy atom. The fourth-order valence-electron chi connectivity index (χ4n) is 4.23. The van der Waals surface area contributed by atoms with E-state index in [0.717, 1.165) is 17.5 Å². The number of nitrogens with two attached hydrogens (primary N) is 2. The van der Waals surface area contributed by atoms with Gasteiger partial charge in [-0.15, -0.1) is 0 Å². The number of amides is 2. The molecule has 40 heavy (non-hydrogen) atoms. The van der Waals surface area contributed by atoms with E-state index in [4.69, 9.17) is 21.7 Å². The van der Waals surface area contributed by atoms with Gasteiger partial charge < -0.3 is 42.7 Å². The molecule has 214 valence electrons.